The predicted molar refractivity (Wildman–Crippen MR) is 114 cm³/mol. The number of ether oxygens (including phenoxy) is 3. The van der Waals surface area contributed by atoms with Crippen LogP contribution in [0.4, 0.5) is 0 Å². The van der Waals surface area contributed by atoms with Crippen LogP contribution < -0.4 is 0 Å². The van der Waals surface area contributed by atoms with Crippen LogP contribution in [0.25, 0.3) is 0 Å². The van der Waals surface area contributed by atoms with Crippen LogP contribution in [0.1, 0.15) is 67.2 Å². The molecule has 0 amide bonds. The summed E-state index contributed by atoms with van der Waals surface area (Å²) >= 11 is 0. The van der Waals surface area contributed by atoms with Crippen molar-refractivity contribution in [1.29, 1.82) is 0 Å². The average Bonchev–Trinajstić information content (AvgIpc) is 2.74. The molecule has 3 N–H and O–H groups in total. The minimum Gasteiger partial charge on any atom is -0.390 e. The van der Waals surface area contributed by atoms with Gasteiger partial charge >= 0.3 is 0 Å². The number of hydrogen-bond acceptors (Lipinski definition) is 7. The van der Waals surface area contributed by atoms with Crippen LogP contribution in [-0.4, -0.2) is 89.4 Å². The van der Waals surface area contributed by atoms with E-state index in [1.165, 1.54) is 0 Å². The third kappa shape index (κ3) is 7.13. The van der Waals surface area contributed by atoms with Gasteiger partial charge < -0.3 is 34.4 Å². The van der Waals surface area contributed by atoms with Gasteiger partial charge in [-0.15, -0.1) is 0 Å². The van der Waals surface area contributed by atoms with E-state index >= 15 is 0 Å². The van der Waals surface area contributed by atoms with Crippen LogP contribution in [0.3, 0.4) is 0 Å². The zero-order valence-electron chi connectivity index (χ0n) is 19.3. The Morgan fingerprint density at radius 1 is 0.966 bits per heavy atom. The molecule has 1 aliphatic heterocycles. The van der Waals surface area contributed by atoms with Gasteiger partial charge in [0.1, 0.15) is 6.10 Å². The summed E-state index contributed by atoms with van der Waals surface area (Å²) in [6.45, 7) is 15.5. The minimum atomic E-state index is -1.21. The summed E-state index contributed by atoms with van der Waals surface area (Å²) in [5, 5.41) is 32.7. The van der Waals surface area contributed by atoms with Gasteiger partial charge in [0.15, 0.2) is 6.29 Å². The van der Waals surface area contributed by atoms with Gasteiger partial charge in [0.25, 0.3) is 0 Å². The first-order chi connectivity index (χ1) is 13.8. The molecule has 0 aromatic rings. The topological polar surface area (TPSA) is 91.6 Å². The quantitative estimate of drug-likeness (QED) is 0.372. The molecule has 1 saturated heterocycles. The molecule has 0 saturated carbocycles. The monoisotopic (exact) mass is 419 g/mol. The fraction of sp³-hybridized carbons (Fsp3) is 1.00. The van der Waals surface area contributed by atoms with Gasteiger partial charge in [0.05, 0.1) is 37.1 Å². The van der Waals surface area contributed by atoms with E-state index in [9.17, 15) is 15.3 Å². The normalized spacial score (nSPS) is 28.4. The molecule has 1 heterocycles. The molecular formula is C22H45NO6. The van der Waals surface area contributed by atoms with Crippen molar-refractivity contribution in [1.82, 2.24) is 4.90 Å². The molecule has 5 atom stereocenters. The molecule has 0 bridgehead atoms. The summed E-state index contributed by atoms with van der Waals surface area (Å²) in [5.74, 6) is -0.650. The lowest BCUT2D eigenvalue weighted by molar-refractivity contribution is -0.322. The molecule has 174 valence electrons. The van der Waals surface area contributed by atoms with E-state index in [2.05, 4.69) is 18.7 Å². The van der Waals surface area contributed by atoms with Gasteiger partial charge in [-0.1, -0.05) is 41.5 Å². The summed E-state index contributed by atoms with van der Waals surface area (Å²) in [4.78, 5) is 2.27. The summed E-state index contributed by atoms with van der Waals surface area (Å²) in [6.07, 6.45) is -1.41. The van der Waals surface area contributed by atoms with Crippen molar-refractivity contribution < 1.29 is 29.5 Å². The van der Waals surface area contributed by atoms with Gasteiger partial charge in [-0.25, -0.2) is 0 Å². The highest BCUT2D eigenvalue weighted by molar-refractivity contribution is 4.99. The highest BCUT2D eigenvalue weighted by Gasteiger charge is 2.53. The van der Waals surface area contributed by atoms with Crippen molar-refractivity contribution in [3.63, 3.8) is 0 Å². The van der Waals surface area contributed by atoms with Gasteiger partial charge in [0, 0.05) is 12.5 Å². The second-order valence-electron chi connectivity index (χ2n) is 8.04. The van der Waals surface area contributed by atoms with E-state index in [-0.39, 0.29) is 12.7 Å². The molecular weight excluding hydrogens is 374 g/mol. The summed E-state index contributed by atoms with van der Waals surface area (Å²) < 4.78 is 17.9. The number of hydrogen-bond donors (Lipinski definition) is 3. The molecule has 0 radical (unpaired) electrons. The van der Waals surface area contributed by atoms with Crippen molar-refractivity contribution in [3.8, 4) is 0 Å². The van der Waals surface area contributed by atoms with Crippen LogP contribution in [0.15, 0.2) is 0 Å². The molecule has 0 aliphatic carbocycles. The van der Waals surface area contributed by atoms with Crippen LogP contribution >= 0.6 is 0 Å². The molecule has 0 spiro atoms. The largest absolute Gasteiger partial charge is 0.390 e. The summed E-state index contributed by atoms with van der Waals surface area (Å²) in [5.41, 5.74) is -1.15. The number of aliphatic hydroxyl groups excluding tert-OH is 2. The Balaban J connectivity index is 2.92. The smallest absolute Gasteiger partial charge is 0.186 e. The molecule has 1 aliphatic rings. The number of rotatable bonds is 14. The highest BCUT2D eigenvalue weighted by atomic mass is 16.7. The van der Waals surface area contributed by atoms with Crippen molar-refractivity contribution in [2.24, 2.45) is 5.92 Å². The van der Waals surface area contributed by atoms with Crippen LogP contribution in [0.2, 0.25) is 0 Å². The Morgan fingerprint density at radius 2 is 1.55 bits per heavy atom. The Hall–Kier alpha value is -0.280. The maximum absolute atomic E-state index is 11.1. The van der Waals surface area contributed by atoms with Gasteiger partial charge in [-0.3, -0.25) is 0 Å². The SMILES string of the molecule is CCC(CC)OC1OC(COCCN(CC)CC)C(C(O)(CC)CC)C(O)C1O. The van der Waals surface area contributed by atoms with Crippen molar-refractivity contribution in [3.05, 3.63) is 0 Å². The highest BCUT2D eigenvalue weighted by Crippen LogP contribution is 2.38. The average molecular weight is 420 g/mol. The van der Waals surface area contributed by atoms with E-state index in [1.54, 1.807) is 0 Å². The van der Waals surface area contributed by atoms with Crippen molar-refractivity contribution in [2.45, 2.75) is 104 Å². The zero-order valence-corrected chi connectivity index (χ0v) is 19.3. The van der Waals surface area contributed by atoms with E-state index < -0.39 is 36.1 Å². The first-order valence-corrected chi connectivity index (χ1v) is 11.5. The Labute approximate surface area is 177 Å². The lowest BCUT2D eigenvalue weighted by Gasteiger charge is -2.49. The minimum absolute atomic E-state index is 0.0566. The van der Waals surface area contributed by atoms with E-state index in [4.69, 9.17) is 14.2 Å². The molecule has 0 aromatic heterocycles. The van der Waals surface area contributed by atoms with Crippen LogP contribution in [0.5, 0.6) is 0 Å². The number of likely N-dealkylation sites (N-methyl/N-ethyl adjacent to an activating group) is 1. The fourth-order valence-corrected chi connectivity index (χ4v) is 4.18. The number of aliphatic hydroxyl groups is 3. The lowest BCUT2D eigenvalue weighted by atomic mass is 9.73. The third-order valence-corrected chi connectivity index (χ3v) is 6.52. The maximum atomic E-state index is 11.1. The predicted octanol–water partition coefficient (Wildman–Crippen LogP) is 2.16. The van der Waals surface area contributed by atoms with E-state index in [1.807, 2.05) is 27.7 Å². The van der Waals surface area contributed by atoms with E-state index in [0.29, 0.717) is 19.4 Å². The molecule has 29 heavy (non-hydrogen) atoms. The molecule has 7 heteroatoms. The number of nitrogens with zero attached hydrogens (tertiary/aromatic N) is 1. The van der Waals surface area contributed by atoms with Crippen LogP contribution in [0, 0.1) is 5.92 Å². The van der Waals surface area contributed by atoms with E-state index in [0.717, 1.165) is 32.5 Å². The summed E-state index contributed by atoms with van der Waals surface area (Å²) in [6, 6.07) is 0. The van der Waals surface area contributed by atoms with Gasteiger partial charge in [0.2, 0.25) is 0 Å². The lowest BCUT2D eigenvalue weighted by Crippen LogP contribution is -2.63. The Morgan fingerprint density at radius 3 is 2.03 bits per heavy atom. The third-order valence-electron chi connectivity index (χ3n) is 6.52. The first kappa shape index (κ1) is 26.8. The molecule has 5 unspecified atom stereocenters. The fourth-order valence-electron chi connectivity index (χ4n) is 4.18. The summed E-state index contributed by atoms with van der Waals surface area (Å²) in [7, 11) is 0. The van der Waals surface area contributed by atoms with Crippen LogP contribution in [-0.2, 0) is 14.2 Å². The Bertz CT molecular complexity index is 426. The standard InChI is InChI=1S/C22H45NO6/c1-7-16(8-2)28-21-20(25)19(24)18(22(26,9-3)10-4)17(29-21)15-27-14-13-23(11-5)12-6/h16-21,24-26H,7-15H2,1-6H3. The van der Waals surface area contributed by atoms with Gasteiger partial charge in [-0.05, 0) is 38.8 Å². The van der Waals surface area contributed by atoms with Crippen molar-refractivity contribution >= 4 is 0 Å². The Kier molecular flexibility index (Phi) is 12.2. The second kappa shape index (κ2) is 13.2. The molecule has 0 aromatic carbocycles. The molecule has 1 rings (SSSR count). The maximum Gasteiger partial charge on any atom is 0.186 e. The van der Waals surface area contributed by atoms with Gasteiger partial charge in [-0.2, -0.15) is 0 Å². The molecule has 1 fully saturated rings. The zero-order chi connectivity index (χ0) is 22.0. The van der Waals surface area contributed by atoms with Crippen molar-refractivity contribution in [2.75, 3.05) is 32.8 Å². The second-order valence-corrected chi connectivity index (χ2v) is 8.04. The molecule has 7 nitrogen and oxygen atoms in total. The first-order valence-electron chi connectivity index (χ1n) is 11.5.